The Kier molecular flexibility index (Phi) is 3.69. The van der Waals surface area contributed by atoms with Crippen molar-refractivity contribution in [3.05, 3.63) is 47.9 Å². The molecule has 22 heavy (non-hydrogen) atoms. The maximum absolute atomic E-state index is 12.0. The Morgan fingerprint density at radius 3 is 2.73 bits per heavy atom. The molecule has 0 atom stereocenters. The predicted molar refractivity (Wildman–Crippen MR) is 78.6 cm³/mol. The van der Waals surface area contributed by atoms with Gasteiger partial charge in [0.25, 0.3) is 11.9 Å². The van der Waals surface area contributed by atoms with E-state index in [0.29, 0.717) is 5.82 Å². The third-order valence-electron chi connectivity index (χ3n) is 2.76. The summed E-state index contributed by atoms with van der Waals surface area (Å²) in [6.45, 7) is 2.01. The molecule has 2 aromatic heterocycles. The molecule has 0 fully saturated rings. The first kappa shape index (κ1) is 13.6. The summed E-state index contributed by atoms with van der Waals surface area (Å²) in [5.41, 5.74) is 2.16. The number of tetrazole rings is 1. The van der Waals surface area contributed by atoms with Gasteiger partial charge in [-0.25, -0.2) is 4.98 Å². The van der Waals surface area contributed by atoms with Crippen molar-refractivity contribution >= 4 is 23.4 Å². The number of rotatable bonds is 4. The van der Waals surface area contributed by atoms with Crippen LogP contribution in [-0.2, 0) is 0 Å². The van der Waals surface area contributed by atoms with Gasteiger partial charge < -0.3 is 5.32 Å². The highest BCUT2D eigenvalue weighted by molar-refractivity contribution is 6.01. The van der Waals surface area contributed by atoms with E-state index in [-0.39, 0.29) is 11.6 Å². The van der Waals surface area contributed by atoms with Crippen molar-refractivity contribution in [1.82, 2.24) is 30.6 Å². The smallest absolute Gasteiger partial charge is 0.278 e. The third-order valence-corrected chi connectivity index (χ3v) is 2.76. The van der Waals surface area contributed by atoms with Gasteiger partial charge in [-0.1, -0.05) is 22.8 Å². The van der Waals surface area contributed by atoms with Gasteiger partial charge in [-0.2, -0.15) is 5.21 Å². The molecule has 0 bridgehead atoms. The topological polar surface area (TPSA) is 121 Å². The Morgan fingerprint density at radius 1 is 1.18 bits per heavy atom. The third kappa shape index (κ3) is 3.20. The van der Waals surface area contributed by atoms with Gasteiger partial charge in [-0.3, -0.25) is 15.1 Å². The van der Waals surface area contributed by atoms with E-state index in [4.69, 9.17) is 0 Å². The molecule has 1 amide bonds. The zero-order chi connectivity index (χ0) is 15.4. The van der Waals surface area contributed by atoms with Gasteiger partial charge in [0.15, 0.2) is 0 Å². The number of hydrogen-bond acceptors (Lipinski definition) is 7. The normalized spacial score (nSPS) is 10.2. The van der Waals surface area contributed by atoms with Crippen LogP contribution in [-0.4, -0.2) is 36.5 Å². The van der Waals surface area contributed by atoms with Crippen LogP contribution in [0.2, 0.25) is 0 Å². The minimum atomic E-state index is -0.471. The van der Waals surface area contributed by atoms with Gasteiger partial charge in [0.05, 0.1) is 12.4 Å². The number of aromatic amines is 1. The Labute approximate surface area is 125 Å². The average Bonchev–Trinajstić information content (AvgIpc) is 3.03. The fourth-order valence-corrected chi connectivity index (χ4v) is 1.70. The van der Waals surface area contributed by atoms with Gasteiger partial charge in [-0.15, -0.1) is 5.10 Å². The molecule has 9 nitrogen and oxygen atoms in total. The second-order valence-corrected chi connectivity index (χ2v) is 4.47. The summed E-state index contributed by atoms with van der Waals surface area (Å²) in [4.78, 5) is 20.2. The molecular formula is C13H12N8O. The zero-order valence-electron chi connectivity index (χ0n) is 11.6. The lowest BCUT2D eigenvalue weighted by atomic mass is 10.2. The number of nitrogens with zero attached hydrogens (tertiary/aromatic N) is 5. The van der Waals surface area contributed by atoms with Crippen LogP contribution in [0.1, 0.15) is 16.1 Å². The molecule has 0 aliphatic rings. The summed E-state index contributed by atoms with van der Waals surface area (Å²) in [7, 11) is 0. The van der Waals surface area contributed by atoms with E-state index in [1.54, 1.807) is 0 Å². The van der Waals surface area contributed by atoms with E-state index in [9.17, 15) is 4.79 Å². The molecule has 0 spiro atoms. The van der Waals surface area contributed by atoms with E-state index in [1.807, 2.05) is 31.2 Å². The molecule has 3 N–H and O–H groups in total. The van der Waals surface area contributed by atoms with Crippen LogP contribution in [0.25, 0.3) is 0 Å². The Hall–Kier alpha value is -3.36. The van der Waals surface area contributed by atoms with Gasteiger partial charge in [0, 0.05) is 5.69 Å². The summed E-state index contributed by atoms with van der Waals surface area (Å²) in [5, 5.41) is 18.4. The van der Waals surface area contributed by atoms with Crippen LogP contribution in [0.5, 0.6) is 0 Å². The first-order valence-electron chi connectivity index (χ1n) is 6.41. The summed E-state index contributed by atoms with van der Waals surface area (Å²) in [6, 6.07) is 7.79. The molecule has 0 aliphatic heterocycles. The first-order chi connectivity index (χ1) is 10.7. The average molecular weight is 296 g/mol. The Bertz CT molecular complexity index is 769. The minimum absolute atomic E-state index is 0.0729. The summed E-state index contributed by atoms with van der Waals surface area (Å²) >= 11 is 0. The summed E-state index contributed by atoms with van der Waals surface area (Å²) in [6.07, 6.45) is 2.89. The van der Waals surface area contributed by atoms with E-state index in [2.05, 4.69) is 41.2 Å². The lowest BCUT2D eigenvalue weighted by molar-refractivity contribution is 0.102. The SMILES string of the molecule is Cc1ccc(Nc2cncc(C(=O)Nc3nn[nH]n3)n2)cc1. The van der Waals surface area contributed by atoms with E-state index < -0.39 is 5.91 Å². The number of nitrogens with one attached hydrogen (secondary N) is 3. The fraction of sp³-hybridized carbons (Fsp3) is 0.0769. The molecule has 0 radical (unpaired) electrons. The van der Waals surface area contributed by atoms with Crippen LogP contribution < -0.4 is 10.6 Å². The fourth-order valence-electron chi connectivity index (χ4n) is 1.70. The molecule has 9 heteroatoms. The molecule has 0 aliphatic carbocycles. The van der Waals surface area contributed by atoms with Gasteiger partial charge in [0.2, 0.25) is 0 Å². The number of H-pyrrole nitrogens is 1. The van der Waals surface area contributed by atoms with Gasteiger partial charge in [0.1, 0.15) is 11.5 Å². The van der Waals surface area contributed by atoms with Crippen LogP contribution in [0.4, 0.5) is 17.5 Å². The van der Waals surface area contributed by atoms with Crippen molar-refractivity contribution in [2.75, 3.05) is 10.6 Å². The summed E-state index contributed by atoms with van der Waals surface area (Å²) < 4.78 is 0. The quantitative estimate of drug-likeness (QED) is 0.663. The highest BCUT2D eigenvalue weighted by Crippen LogP contribution is 2.14. The van der Waals surface area contributed by atoms with Gasteiger partial charge in [-0.05, 0) is 24.3 Å². The summed E-state index contributed by atoms with van der Waals surface area (Å²) in [5.74, 6) is 0.0646. The number of carbonyl (C=O) groups excluding carboxylic acids is 1. The lowest BCUT2D eigenvalue weighted by Crippen LogP contribution is -2.15. The number of hydrogen-bond donors (Lipinski definition) is 3. The van der Waals surface area contributed by atoms with Crippen LogP contribution in [0, 0.1) is 6.92 Å². The molecular weight excluding hydrogens is 284 g/mol. The van der Waals surface area contributed by atoms with Crippen molar-refractivity contribution in [3.8, 4) is 0 Å². The number of benzene rings is 1. The van der Waals surface area contributed by atoms with Crippen molar-refractivity contribution in [2.24, 2.45) is 0 Å². The monoisotopic (exact) mass is 296 g/mol. The number of amides is 1. The standard InChI is InChI=1S/C13H12N8O/c1-8-2-4-9(5-3-8)15-11-7-14-6-10(16-11)12(22)17-13-18-20-21-19-13/h2-7H,1H3,(H,15,16)(H2,17,18,19,20,21,22). The zero-order valence-corrected chi connectivity index (χ0v) is 11.6. The largest absolute Gasteiger partial charge is 0.339 e. The van der Waals surface area contributed by atoms with Crippen molar-refractivity contribution in [2.45, 2.75) is 6.92 Å². The number of anilines is 3. The van der Waals surface area contributed by atoms with Gasteiger partial charge >= 0.3 is 0 Å². The highest BCUT2D eigenvalue weighted by atomic mass is 16.2. The highest BCUT2D eigenvalue weighted by Gasteiger charge is 2.11. The van der Waals surface area contributed by atoms with Crippen LogP contribution >= 0.6 is 0 Å². The maximum atomic E-state index is 12.0. The van der Waals surface area contributed by atoms with Crippen molar-refractivity contribution < 1.29 is 4.79 Å². The number of aromatic nitrogens is 6. The number of aryl methyl sites for hydroxylation is 1. The molecule has 110 valence electrons. The number of carbonyl (C=O) groups is 1. The second kappa shape index (κ2) is 5.95. The molecule has 3 aromatic rings. The second-order valence-electron chi connectivity index (χ2n) is 4.47. The molecule has 2 heterocycles. The van der Waals surface area contributed by atoms with E-state index in [1.165, 1.54) is 12.4 Å². The van der Waals surface area contributed by atoms with Crippen LogP contribution in [0.3, 0.4) is 0 Å². The Morgan fingerprint density at radius 2 is 2.00 bits per heavy atom. The first-order valence-corrected chi connectivity index (χ1v) is 6.41. The molecule has 0 unspecified atom stereocenters. The minimum Gasteiger partial charge on any atom is -0.339 e. The van der Waals surface area contributed by atoms with Crippen LogP contribution in [0.15, 0.2) is 36.7 Å². The predicted octanol–water partition coefficient (Wildman–Crippen LogP) is 1.29. The Balaban J connectivity index is 1.74. The molecule has 0 saturated heterocycles. The lowest BCUT2D eigenvalue weighted by Gasteiger charge is -2.06. The molecule has 0 saturated carbocycles. The van der Waals surface area contributed by atoms with Crippen molar-refractivity contribution in [3.63, 3.8) is 0 Å². The van der Waals surface area contributed by atoms with E-state index >= 15 is 0 Å². The van der Waals surface area contributed by atoms with Crippen molar-refractivity contribution in [1.29, 1.82) is 0 Å². The maximum Gasteiger partial charge on any atom is 0.278 e. The van der Waals surface area contributed by atoms with E-state index in [0.717, 1.165) is 11.3 Å². The molecule has 3 rings (SSSR count). The molecule has 1 aromatic carbocycles.